The van der Waals surface area contributed by atoms with Crippen LogP contribution in [0.3, 0.4) is 0 Å². The lowest BCUT2D eigenvalue weighted by atomic mass is 9.88. The van der Waals surface area contributed by atoms with Crippen LogP contribution < -0.4 is 0 Å². The number of piperidine rings is 1. The van der Waals surface area contributed by atoms with Gasteiger partial charge in [0.05, 0.1) is 6.04 Å². The molecule has 0 aromatic heterocycles. The van der Waals surface area contributed by atoms with Crippen molar-refractivity contribution < 1.29 is 9.59 Å². The number of likely N-dealkylation sites (tertiary alicyclic amines) is 1. The molecule has 0 N–H and O–H groups in total. The molecule has 4 atom stereocenters. The number of carbonyl (C=O) groups excluding carboxylic acids is 2. The van der Waals surface area contributed by atoms with E-state index in [-0.39, 0.29) is 23.7 Å². The van der Waals surface area contributed by atoms with Crippen LogP contribution in [0.1, 0.15) is 26.7 Å². The van der Waals surface area contributed by atoms with Crippen LogP contribution in [0.2, 0.25) is 0 Å². The SMILES string of the molecule is CCC1C(=O)[C@H]2C[C@@H]1N(C)C2C(C)=O. The zero-order valence-corrected chi connectivity index (χ0v) is 8.99. The minimum absolute atomic E-state index is 0.00699. The normalized spacial score (nSPS) is 42.1. The second-order valence-corrected chi connectivity index (χ2v) is 4.55. The topological polar surface area (TPSA) is 37.4 Å². The molecule has 14 heavy (non-hydrogen) atoms. The average molecular weight is 195 g/mol. The summed E-state index contributed by atoms with van der Waals surface area (Å²) in [4.78, 5) is 25.4. The zero-order valence-electron chi connectivity index (χ0n) is 8.99. The van der Waals surface area contributed by atoms with Crippen molar-refractivity contribution in [3.05, 3.63) is 0 Å². The smallest absolute Gasteiger partial charge is 0.147 e. The fourth-order valence-electron chi connectivity index (χ4n) is 3.27. The molecule has 0 radical (unpaired) electrons. The van der Waals surface area contributed by atoms with Gasteiger partial charge in [-0.25, -0.2) is 0 Å². The first kappa shape index (κ1) is 9.84. The molecule has 2 aliphatic rings. The number of carbonyl (C=O) groups is 2. The highest BCUT2D eigenvalue weighted by atomic mass is 16.1. The lowest BCUT2D eigenvalue weighted by Gasteiger charge is -2.34. The number of Topliss-reactive ketones (excluding diaryl/α,β-unsaturated/α-hetero) is 2. The molecule has 0 aromatic rings. The molecule has 3 nitrogen and oxygen atoms in total. The summed E-state index contributed by atoms with van der Waals surface area (Å²) < 4.78 is 0. The highest BCUT2D eigenvalue weighted by Crippen LogP contribution is 2.43. The molecule has 78 valence electrons. The van der Waals surface area contributed by atoms with Crippen LogP contribution >= 0.6 is 0 Å². The Hall–Kier alpha value is -0.700. The van der Waals surface area contributed by atoms with Crippen molar-refractivity contribution in [1.82, 2.24) is 4.90 Å². The number of fused-ring (bicyclic) bond motifs is 2. The van der Waals surface area contributed by atoms with Gasteiger partial charge < -0.3 is 0 Å². The highest BCUT2D eigenvalue weighted by Gasteiger charge is 2.55. The predicted molar refractivity (Wildman–Crippen MR) is 52.9 cm³/mol. The van der Waals surface area contributed by atoms with Crippen molar-refractivity contribution in [2.45, 2.75) is 38.8 Å². The first-order chi connectivity index (χ1) is 6.57. The van der Waals surface area contributed by atoms with E-state index >= 15 is 0 Å². The number of rotatable bonds is 2. The molecule has 2 bridgehead atoms. The van der Waals surface area contributed by atoms with Crippen molar-refractivity contribution in [2.75, 3.05) is 7.05 Å². The Kier molecular flexibility index (Phi) is 2.22. The summed E-state index contributed by atoms with van der Waals surface area (Å²) in [5, 5.41) is 0. The van der Waals surface area contributed by atoms with Gasteiger partial charge in [-0.3, -0.25) is 14.5 Å². The Labute approximate surface area is 84.5 Å². The fraction of sp³-hybridized carbons (Fsp3) is 0.818. The maximum atomic E-state index is 11.9. The van der Waals surface area contributed by atoms with Crippen molar-refractivity contribution in [3.63, 3.8) is 0 Å². The summed E-state index contributed by atoms with van der Waals surface area (Å²) in [7, 11) is 1.98. The van der Waals surface area contributed by atoms with E-state index in [9.17, 15) is 9.59 Å². The molecule has 2 fully saturated rings. The second kappa shape index (κ2) is 3.16. The van der Waals surface area contributed by atoms with Gasteiger partial charge in [-0.1, -0.05) is 6.92 Å². The Morgan fingerprint density at radius 2 is 2.21 bits per heavy atom. The molecule has 1 saturated heterocycles. The quantitative estimate of drug-likeness (QED) is 0.656. The van der Waals surface area contributed by atoms with E-state index < -0.39 is 0 Å². The molecule has 0 aromatic carbocycles. The molecule has 0 amide bonds. The van der Waals surface area contributed by atoms with Gasteiger partial charge in [-0.2, -0.15) is 0 Å². The van der Waals surface area contributed by atoms with Gasteiger partial charge in [0.2, 0.25) is 0 Å². The third-order valence-corrected chi connectivity index (χ3v) is 3.89. The monoisotopic (exact) mass is 195 g/mol. The summed E-state index contributed by atoms with van der Waals surface area (Å²) in [6.07, 6.45) is 1.81. The summed E-state index contributed by atoms with van der Waals surface area (Å²) in [6.45, 7) is 3.65. The van der Waals surface area contributed by atoms with Crippen molar-refractivity contribution in [1.29, 1.82) is 0 Å². The first-order valence-electron chi connectivity index (χ1n) is 5.34. The van der Waals surface area contributed by atoms with Gasteiger partial charge in [-0.05, 0) is 26.8 Å². The molecule has 3 heteroatoms. The van der Waals surface area contributed by atoms with Crippen molar-refractivity contribution in [2.24, 2.45) is 11.8 Å². The van der Waals surface area contributed by atoms with E-state index in [0.29, 0.717) is 11.8 Å². The third-order valence-electron chi connectivity index (χ3n) is 3.89. The van der Waals surface area contributed by atoms with E-state index in [1.54, 1.807) is 6.92 Å². The molecule has 2 unspecified atom stereocenters. The van der Waals surface area contributed by atoms with E-state index in [1.807, 2.05) is 7.05 Å². The minimum atomic E-state index is -0.129. The highest BCUT2D eigenvalue weighted by molar-refractivity contribution is 5.95. The van der Waals surface area contributed by atoms with Crippen LogP contribution in [0, 0.1) is 11.8 Å². The molecule has 1 saturated carbocycles. The Morgan fingerprint density at radius 1 is 1.57 bits per heavy atom. The molecule has 1 aliphatic carbocycles. The largest absolute Gasteiger partial charge is 0.299 e. The molecule has 1 aliphatic heterocycles. The van der Waals surface area contributed by atoms with Crippen LogP contribution in [0.4, 0.5) is 0 Å². The van der Waals surface area contributed by atoms with Gasteiger partial charge >= 0.3 is 0 Å². The van der Waals surface area contributed by atoms with Gasteiger partial charge in [0.1, 0.15) is 11.6 Å². The molecule has 2 rings (SSSR count). The molecule has 1 heterocycles. The lowest BCUT2D eigenvalue weighted by Crippen LogP contribution is -2.49. The predicted octanol–water partition coefficient (Wildman–Crippen LogP) is 0.873. The van der Waals surface area contributed by atoms with E-state index in [2.05, 4.69) is 11.8 Å². The number of likely N-dealkylation sites (N-methyl/N-ethyl adjacent to an activating group) is 1. The van der Waals surface area contributed by atoms with E-state index in [1.165, 1.54) is 0 Å². The Balaban J connectivity index is 2.26. The summed E-state index contributed by atoms with van der Waals surface area (Å²) in [5.41, 5.74) is 0. The van der Waals surface area contributed by atoms with Crippen LogP contribution in [0.15, 0.2) is 0 Å². The maximum Gasteiger partial charge on any atom is 0.147 e. The molecular formula is C11H17NO2. The Morgan fingerprint density at radius 3 is 2.71 bits per heavy atom. The van der Waals surface area contributed by atoms with Crippen LogP contribution in [0.5, 0.6) is 0 Å². The summed E-state index contributed by atoms with van der Waals surface area (Å²) >= 11 is 0. The first-order valence-corrected chi connectivity index (χ1v) is 5.34. The van der Waals surface area contributed by atoms with Gasteiger partial charge in [0, 0.05) is 17.9 Å². The third kappa shape index (κ3) is 1.08. The van der Waals surface area contributed by atoms with Crippen LogP contribution in [-0.2, 0) is 9.59 Å². The zero-order chi connectivity index (χ0) is 10.5. The van der Waals surface area contributed by atoms with E-state index in [0.717, 1.165) is 12.8 Å². The number of hydrogen-bond donors (Lipinski definition) is 0. The summed E-state index contributed by atoms with van der Waals surface area (Å²) in [5.74, 6) is 0.645. The van der Waals surface area contributed by atoms with Gasteiger partial charge in [0.25, 0.3) is 0 Å². The standard InChI is InChI=1S/C11H17NO2/c1-4-7-9-5-8(11(7)14)10(6(2)13)12(9)3/h7-10H,4-5H2,1-3H3/t7?,8-,9-,10?/m0/s1. The Bertz CT molecular complexity index is 287. The lowest BCUT2D eigenvalue weighted by molar-refractivity contribution is -0.135. The van der Waals surface area contributed by atoms with Crippen molar-refractivity contribution in [3.8, 4) is 0 Å². The maximum absolute atomic E-state index is 11.9. The minimum Gasteiger partial charge on any atom is -0.299 e. The van der Waals surface area contributed by atoms with Crippen molar-refractivity contribution >= 4 is 11.6 Å². The number of ketones is 2. The molecule has 0 spiro atoms. The van der Waals surface area contributed by atoms with Crippen LogP contribution in [-0.4, -0.2) is 35.6 Å². The summed E-state index contributed by atoms with van der Waals surface area (Å²) in [6, 6.07) is 0.196. The van der Waals surface area contributed by atoms with Crippen LogP contribution in [0.25, 0.3) is 0 Å². The molecular weight excluding hydrogens is 178 g/mol. The number of nitrogens with zero attached hydrogens (tertiary/aromatic N) is 1. The second-order valence-electron chi connectivity index (χ2n) is 4.55. The van der Waals surface area contributed by atoms with Gasteiger partial charge in [0.15, 0.2) is 0 Å². The number of hydrogen-bond acceptors (Lipinski definition) is 3. The fourth-order valence-corrected chi connectivity index (χ4v) is 3.27. The average Bonchev–Trinajstić information content (AvgIpc) is 2.59. The van der Waals surface area contributed by atoms with Gasteiger partial charge in [-0.15, -0.1) is 0 Å². The van der Waals surface area contributed by atoms with E-state index in [4.69, 9.17) is 0 Å².